The molecule has 22 heavy (non-hydrogen) atoms. The van der Waals surface area contributed by atoms with E-state index in [1.807, 2.05) is 6.07 Å². The molecule has 0 bridgehead atoms. The molecule has 5 nitrogen and oxygen atoms in total. The zero-order valence-corrected chi connectivity index (χ0v) is 13.9. The maximum absolute atomic E-state index is 11.9. The van der Waals surface area contributed by atoms with Gasteiger partial charge in [0.05, 0.1) is 23.6 Å². The van der Waals surface area contributed by atoms with Gasteiger partial charge in [-0.2, -0.15) is 5.10 Å². The lowest BCUT2D eigenvalue weighted by atomic mass is 9.92. The van der Waals surface area contributed by atoms with Crippen molar-refractivity contribution in [3.05, 3.63) is 40.5 Å². The van der Waals surface area contributed by atoms with Gasteiger partial charge in [0.25, 0.3) is 0 Å². The number of ether oxygens (including phenoxy) is 1. The maximum atomic E-state index is 11.9. The highest BCUT2D eigenvalue weighted by atomic mass is 35.5. The summed E-state index contributed by atoms with van der Waals surface area (Å²) in [7, 11) is 0. The normalized spacial score (nSPS) is 11.5. The van der Waals surface area contributed by atoms with Crippen LogP contribution < -0.4 is 5.73 Å². The number of nitrogens with two attached hydrogens (primary N) is 1. The van der Waals surface area contributed by atoms with E-state index in [0.717, 1.165) is 5.69 Å². The number of halogens is 1. The number of hydrogen-bond donors (Lipinski definition) is 1. The summed E-state index contributed by atoms with van der Waals surface area (Å²) in [6, 6.07) is 6.76. The van der Waals surface area contributed by atoms with Crippen molar-refractivity contribution in [3.63, 3.8) is 0 Å². The van der Waals surface area contributed by atoms with Gasteiger partial charge in [-0.1, -0.05) is 32.4 Å². The molecule has 0 saturated carbocycles. The van der Waals surface area contributed by atoms with Crippen LogP contribution in [0.15, 0.2) is 24.3 Å². The fraction of sp³-hybridized carbons (Fsp3) is 0.375. The van der Waals surface area contributed by atoms with Gasteiger partial charge in [0, 0.05) is 16.5 Å². The van der Waals surface area contributed by atoms with Crippen LogP contribution in [-0.4, -0.2) is 22.4 Å². The van der Waals surface area contributed by atoms with Crippen LogP contribution in [0.1, 0.15) is 43.7 Å². The molecule has 0 atom stereocenters. The lowest BCUT2D eigenvalue weighted by Crippen LogP contribution is -2.13. The molecule has 0 amide bonds. The molecule has 0 unspecified atom stereocenters. The van der Waals surface area contributed by atoms with Crippen molar-refractivity contribution >= 4 is 23.4 Å². The van der Waals surface area contributed by atoms with E-state index in [4.69, 9.17) is 22.1 Å². The number of rotatable bonds is 3. The third-order valence-electron chi connectivity index (χ3n) is 3.14. The van der Waals surface area contributed by atoms with Gasteiger partial charge in [0.15, 0.2) is 0 Å². The Morgan fingerprint density at radius 1 is 1.32 bits per heavy atom. The van der Waals surface area contributed by atoms with E-state index in [2.05, 4.69) is 25.9 Å². The van der Waals surface area contributed by atoms with Crippen molar-refractivity contribution in [1.29, 1.82) is 0 Å². The molecule has 0 radical (unpaired) electrons. The van der Waals surface area contributed by atoms with Gasteiger partial charge in [-0.15, -0.1) is 0 Å². The predicted molar refractivity (Wildman–Crippen MR) is 87.6 cm³/mol. The molecule has 0 fully saturated rings. The third kappa shape index (κ3) is 3.42. The number of esters is 1. The van der Waals surface area contributed by atoms with E-state index in [1.165, 1.54) is 0 Å². The molecule has 0 saturated heterocycles. The Hall–Kier alpha value is -2.01. The van der Waals surface area contributed by atoms with Crippen LogP contribution in [0.3, 0.4) is 0 Å². The van der Waals surface area contributed by atoms with Gasteiger partial charge >= 0.3 is 5.97 Å². The number of benzene rings is 1. The summed E-state index contributed by atoms with van der Waals surface area (Å²) in [5.41, 5.74) is 7.79. The van der Waals surface area contributed by atoms with Gasteiger partial charge in [-0.25, -0.2) is 9.48 Å². The molecule has 1 heterocycles. The zero-order chi connectivity index (χ0) is 16.5. The molecule has 0 spiro atoms. The molecule has 6 heteroatoms. The van der Waals surface area contributed by atoms with Crippen LogP contribution in [0.2, 0.25) is 5.02 Å². The summed E-state index contributed by atoms with van der Waals surface area (Å²) in [5, 5.41) is 4.94. The second-order valence-electron chi connectivity index (χ2n) is 6.03. The van der Waals surface area contributed by atoms with E-state index in [-0.39, 0.29) is 5.41 Å². The minimum Gasteiger partial charge on any atom is -0.462 e. The van der Waals surface area contributed by atoms with E-state index >= 15 is 0 Å². The smallest absolute Gasteiger partial charge is 0.338 e. The predicted octanol–water partition coefficient (Wildman–Crippen LogP) is 3.58. The second-order valence-corrected chi connectivity index (χ2v) is 6.47. The van der Waals surface area contributed by atoms with E-state index in [9.17, 15) is 4.79 Å². The fourth-order valence-corrected chi connectivity index (χ4v) is 2.23. The van der Waals surface area contributed by atoms with E-state index < -0.39 is 5.97 Å². The summed E-state index contributed by atoms with van der Waals surface area (Å²) >= 11 is 6.10. The summed E-state index contributed by atoms with van der Waals surface area (Å²) in [6.07, 6.45) is 0. The molecule has 2 N–H and O–H groups in total. The van der Waals surface area contributed by atoms with Gasteiger partial charge in [0.1, 0.15) is 5.82 Å². The van der Waals surface area contributed by atoms with Gasteiger partial charge in [0.2, 0.25) is 0 Å². The van der Waals surface area contributed by atoms with Gasteiger partial charge in [-0.05, 0) is 25.1 Å². The SMILES string of the molecule is CCOC(=O)c1cc(Cl)cc(-n2nc(C(C)(C)C)cc2N)c1. The monoisotopic (exact) mass is 321 g/mol. The Morgan fingerprint density at radius 3 is 2.55 bits per heavy atom. The molecule has 0 aliphatic heterocycles. The number of carbonyl (C=O) groups is 1. The maximum Gasteiger partial charge on any atom is 0.338 e. The Balaban J connectivity index is 2.49. The lowest BCUT2D eigenvalue weighted by molar-refractivity contribution is 0.0526. The van der Waals surface area contributed by atoms with Crippen LogP contribution in [-0.2, 0) is 10.2 Å². The Kier molecular flexibility index (Phi) is 4.47. The van der Waals surface area contributed by atoms with Crippen molar-refractivity contribution in [1.82, 2.24) is 9.78 Å². The number of nitrogen functional groups attached to an aromatic ring is 1. The molecule has 2 rings (SSSR count). The molecule has 118 valence electrons. The molecule has 1 aromatic carbocycles. The quantitative estimate of drug-likeness (QED) is 0.877. The van der Waals surface area contributed by atoms with Crippen LogP contribution in [0.5, 0.6) is 0 Å². The lowest BCUT2D eigenvalue weighted by Gasteiger charge is -2.14. The van der Waals surface area contributed by atoms with Crippen LogP contribution in [0, 0.1) is 0 Å². The average molecular weight is 322 g/mol. The van der Waals surface area contributed by atoms with Crippen molar-refractivity contribution in [2.75, 3.05) is 12.3 Å². The summed E-state index contributed by atoms with van der Waals surface area (Å²) < 4.78 is 6.58. The van der Waals surface area contributed by atoms with Gasteiger partial charge in [-0.3, -0.25) is 0 Å². The number of aromatic nitrogens is 2. The van der Waals surface area contributed by atoms with Gasteiger partial charge < -0.3 is 10.5 Å². The summed E-state index contributed by atoms with van der Waals surface area (Å²) in [6.45, 7) is 8.23. The minimum absolute atomic E-state index is 0.123. The average Bonchev–Trinajstić information content (AvgIpc) is 2.80. The van der Waals surface area contributed by atoms with Crippen molar-refractivity contribution in [2.45, 2.75) is 33.1 Å². The largest absolute Gasteiger partial charge is 0.462 e. The van der Waals surface area contributed by atoms with Crippen LogP contribution in [0.4, 0.5) is 5.82 Å². The summed E-state index contributed by atoms with van der Waals surface area (Å²) in [4.78, 5) is 11.9. The van der Waals surface area contributed by atoms with Crippen LogP contribution in [0.25, 0.3) is 5.69 Å². The fourth-order valence-electron chi connectivity index (χ4n) is 2.00. The molecule has 1 aromatic heterocycles. The number of nitrogens with zero attached hydrogens (tertiary/aromatic N) is 2. The molecular weight excluding hydrogens is 302 g/mol. The highest BCUT2D eigenvalue weighted by Crippen LogP contribution is 2.26. The molecule has 0 aliphatic carbocycles. The summed E-state index contributed by atoms with van der Waals surface area (Å²) in [5.74, 6) is 0.0648. The standard InChI is InChI=1S/C16H20ClN3O2/c1-5-22-15(21)10-6-11(17)8-12(7-10)20-14(18)9-13(19-20)16(2,3)4/h6-9H,5,18H2,1-4H3. The Labute approximate surface area is 135 Å². The molecular formula is C16H20ClN3O2. The van der Waals surface area contributed by atoms with Crippen molar-refractivity contribution in [3.8, 4) is 5.69 Å². The number of hydrogen-bond acceptors (Lipinski definition) is 4. The highest BCUT2D eigenvalue weighted by molar-refractivity contribution is 6.31. The third-order valence-corrected chi connectivity index (χ3v) is 3.36. The Bertz CT molecular complexity index is 702. The van der Waals surface area contributed by atoms with Crippen molar-refractivity contribution in [2.24, 2.45) is 0 Å². The first-order chi connectivity index (χ1) is 10.2. The first kappa shape index (κ1) is 16.4. The molecule has 0 aliphatic rings. The highest BCUT2D eigenvalue weighted by Gasteiger charge is 2.20. The number of carbonyl (C=O) groups excluding carboxylic acids is 1. The van der Waals surface area contributed by atoms with Crippen molar-refractivity contribution < 1.29 is 9.53 Å². The first-order valence-electron chi connectivity index (χ1n) is 7.06. The molecule has 2 aromatic rings. The zero-order valence-electron chi connectivity index (χ0n) is 13.2. The van der Waals surface area contributed by atoms with E-state index in [1.54, 1.807) is 29.8 Å². The minimum atomic E-state index is -0.423. The Morgan fingerprint density at radius 2 is 2.00 bits per heavy atom. The number of anilines is 1. The topological polar surface area (TPSA) is 70.1 Å². The van der Waals surface area contributed by atoms with Crippen LogP contribution >= 0.6 is 11.6 Å². The van der Waals surface area contributed by atoms with E-state index in [0.29, 0.717) is 28.7 Å². The first-order valence-corrected chi connectivity index (χ1v) is 7.44. The second kappa shape index (κ2) is 6.01.